The second-order valence-electron chi connectivity index (χ2n) is 13.8. The number of nitrogens with two attached hydrogens (primary N) is 1. The number of amides is 2. The topological polar surface area (TPSA) is 384 Å². The van der Waals surface area contributed by atoms with E-state index in [2.05, 4.69) is 34.4 Å². The molecule has 2 aromatic heterocycles. The van der Waals surface area contributed by atoms with Crippen molar-refractivity contribution < 1.29 is 85.6 Å². The van der Waals surface area contributed by atoms with Crippen LogP contribution >= 0.6 is 35.2 Å². The average Bonchev–Trinajstić information content (AvgIpc) is 3.71. The number of aliphatic hydroxyl groups is 3. The fourth-order valence-corrected chi connectivity index (χ4v) is 9.08. The van der Waals surface area contributed by atoms with Gasteiger partial charge >= 0.3 is 23.5 Å². The van der Waals surface area contributed by atoms with Gasteiger partial charge in [-0.25, -0.2) is 28.6 Å². The Bertz CT molecular complexity index is 2100. The Labute approximate surface area is 345 Å². The molecule has 2 unspecified atom stereocenters. The number of hydrogen-bond donors (Lipinski definition) is 10. The Morgan fingerprint density at radius 1 is 1.00 bits per heavy atom. The maximum atomic E-state index is 12.7. The number of thioether (sulfide) groups is 1. The molecule has 3 heterocycles. The largest absolute Gasteiger partial charge is 0.481 e. The van der Waals surface area contributed by atoms with E-state index in [1.165, 1.54) is 13.8 Å². The normalized spacial score (nSPS) is 21.5. The summed E-state index contributed by atoms with van der Waals surface area (Å²) in [5.74, 6) is -1.29. The Morgan fingerprint density at radius 2 is 1.68 bits per heavy atom. The Kier molecular flexibility index (Phi) is 17.5. The summed E-state index contributed by atoms with van der Waals surface area (Å²) in [4.78, 5) is 87.9. The molecule has 11 N–H and O–H groups in total. The number of phosphoric ester groups is 3. The molecule has 29 heteroatoms. The summed E-state index contributed by atoms with van der Waals surface area (Å²) in [5, 5.41) is 36.3. The zero-order valence-corrected chi connectivity index (χ0v) is 35.4. The zero-order chi connectivity index (χ0) is 44.5. The van der Waals surface area contributed by atoms with Crippen LogP contribution in [0.1, 0.15) is 38.5 Å². The molecule has 334 valence electrons. The number of rotatable bonds is 23. The van der Waals surface area contributed by atoms with Gasteiger partial charge in [-0.2, -0.15) is 4.31 Å². The summed E-state index contributed by atoms with van der Waals surface area (Å²) in [6.07, 6.45) is -7.60. The van der Waals surface area contributed by atoms with Gasteiger partial charge in [0.15, 0.2) is 22.8 Å². The molecule has 60 heavy (non-hydrogen) atoms. The third kappa shape index (κ3) is 15.0. The highest BCUT2D eigenvalue weighted by atomic mass is 32.2. The number of aliphatic hydroxyl groups excluding tert-OH is 3. The van der Waals surface area contributed by atoms with Crippen molar-refractivity contribution in [2.24, 2.45) is 5.41 Å². The molecule has 0 radical (unpaired) electrons. The molecule has 1 saturated heterocycles. The Balaban J connectivity index is 1.19. The van der Waals surface area contributed by atoms with Crippen LogP contribution in [-0.2, 0) is 57.1 Å². The summed E-state index contributed by atoms with van der Waals surface area (Å²) >= 11 is 0.949. The molecule has 8 atom stereocenters. The quantitative estimate of drug-likeness (QED) is 0.0429. The van der Waals surface area contributed by atoms with Crippen LogP contribution in [0.4, 0.5) is 5.82 Å². The second-order valence-corrected chi connectivity index (χ2v) is 19.2. The molecular formula is C31H46N7O18P3S. The Morgan fingerprint density at radius 3 is 2.37 bits per heavy atom. The van der Waals surface area contributed by atoms with Crippen molar-refractivity contribution in [3.63, 3.8) is 0 Å². The number of carbonyl (C=O) groups is 3. The highest BCUT2D eigenvalue weighted by molar-refractivity contribution is 8.13. The van der Waals surface area contributed by atoms with Crippen molar-refractivity contribution >= 4 is 69.1 Å². The number of benzene rings is 1. The van der Waals surface area contributed by atoms with Crippen molar-refractivity contribution in [2.75, 3.05) is 37.8 Å². The molecule has 3 aromatic rings. The average molecular weight is 930 g/mol. The number of fused-ring (bicyclic) bond motifs is 1. The third-order valence-electron chi connectivity index (χ3n) is 8.48. The molecular weight excluding hydrogens is 883 g/mol. The SMILES string of the molecule is CC(C)(COP(=O)(O)OP(=O)(O)OC[C@H]1O[C@@H](n2cnc3c(N)ncnc32)[C@H](O)[C@@H]1OP(=O)(O)O)[C@@H](O)C(=O)NCCC(=O)NCCSC(=O)C[C@H](O)Cc1ccccc1. The number of anilines is 1. The van der Waals surface area contributed by atoms with Crippen LogP contribution < -0.4 is 16.4 Å². The first kappa shape index (κ1) is 49.4. The first-order chi connectivity index (χ1) is 28.0. The number of carbonyl (C=O) groups excluding carboxylic acids is 3. The van der Waals surface area contributed by atoms with Crippen LogP contribution in [0.2, 0.25) is 0 Å². The lowest BCUT2D eigenvalue weighted by molar-refractivity contribution is -0.137. The lowest BCUT2D eigenvalue weighted by Crippen LogP contribution is -2.46. The second kappa shape index (κ2) is 21.2. The van der Waals surface area contributed by atoms with Gasteiger partial charge in [-0.15, -0.1) is 0 Å². The van der Waals surface area contributed by atoms with Gasteiger partial charge in [0.25, 0.3) is 0 Å². The molecule has 1 aliphatic heterocycles. The number of imidazole rings is 1. The van der Waals surface area contributed by atoms with Gasteiger partial charge in [0.1, 0.15) is 36.3 Å². The molecule has 0 bridgehead atoms. The van der Waals surface area contributed by atoms with E-state index in [0.717, 1.165) is 34.5 Å². The summed E-state index contributed by atoms with van der Waals surface area (Å²) < 4.78 is 62.2. The molecule has 1 aromatic carbocycles. The van der Waals surface area contributed by atoms with Crippen LogP contribution in [0.5, 0.6) is 0 Å². The van der Waals surface area contributed by atoms with Gasteiger partial charge in [0.05, 0.1) is 25.6 Å². The summed E-state index contributed by atoms with van der Waals surface area (Å²) in [6.45, 7) is 0.330. The third-order valence-corrected chi connectivity index (χ3v) is 12.5. The van der Waals surface area contributed by atoms with Crippen molar-refractivity contribution in [3.8, 4) is 0 Å². The number of aromatic nitrogens is 4. The van der Waals surface area contributed by atoms with E-state index in [9.17, 15) is 63.0 Å². The van der Waals surface area contributed by atoms with Gasteiger partial charge in [-0.05, 0) is 12.0 Å². The van der Waals surface area contributed by atoms with E-state index >= 15 is 0 Å². The first-order valence-electron chi connectivity index (χ1n) is 17.7. The first-order valence-corrected chi connectivity index (χ1v) is 23.2. The predicted octanol–water partition coefficient (Wildman–Crippen LogP) is -0.342. The van der Waals surface area contributed by atoms with Gasteiger partial charge in [-0.1, -0.05) is 55.9 Å². The van der Waals surface area contributed by atoms with Crippen LogP contribution in [0.3, 0.4) is 0 Å². The maximum Gasteiger partial charge on any atom is 0.481 e. The number of nitrogens with one attached hydrogen (secondary N) is 2. The lowest BCUT2D eigenvalue weighted by Gasteiger charge is -2.30. The fourth-order valence-electron chi connectivity index (χ4n) is 5.50. The van der Waals surface area contributed by atoms with Crippen molar-refractivity contribution in [2.45, 2.75) is 69.9 Å². The molecule has 0 spiro atoms. The maximum absolute atomic E-state index is 12.7. The van der Waals surface area contributed by atoms with Crippen molar-refractivity contribution in [1.29, 1.82) is 0 Å². The monoisotopic (exact) mass is 929 g/mol. The van der Waals surface area contributed by atoms with E-state index in [4.69, 9.17) is 19.5 Å². The smallest absolute Gasteiger partial charge is 0.392 e. The van der Waals surface area contributed by atoms with Crippen LogP contribution in [0.15, 0.2) is 43.0 Å². The van der Waals surface area contributed by atoms with Gasteiger partial charge in [0.2, 0.25) is 11.8 Å². The number of ether oxygens (including phenoxy) is 1. The van der Waals surface area contributed by atoms with Crippen LogP contribution in [0, 0.1) is 5.41 Å². The Hall–Kier alpha value is -3.26. The minimum absolute atomic E-state index is 0.0247. The summed E-state index contributed by atoms with van der Waals surface area (Å²) in [7, 11) is -16.4. The number of phosphoric acid groups is 3. The molecule has 0 saturated carbocycles. The fraction of sp³-hybridized carbons (Fsp3) is 0.548. The predicted molar refractivity (Wildman–Crippen MR) is 208 cm³/mol. The highest BCUT2D eigenvalue weighted by Gasteiger charge is 2.50. The van der Waals surface area contributed by atoms with Crippen molar-refractivity contribution in [3.05, 3.63) is 48.5 Å². The lowest BCUT2D eigenvalue weighted by atomic mass is 9.87. The molecule has 0 aliphatic carbocycles. The summed E-state index contributed by atoms with van der Waals surface area (Å²) in [5.41, 5.74) is 5.12. The van der Waals surface area contributed by atoms with E-state index in [-0.39, 0.29) is 53.8 Å². The van der Waals surface area contributed by atoms with Crippen LogP contribution in [-0.4, -0.2) is 134 Å². The number of hydrogen-bond acceptors (Lipinski definition) is 19. The highest BCUT2D eigenvalue weighted by Crippen LogP contribution is 2.61. The van der Waals surface area contributed by atoms with Gasteiger partial charge < -0.3 is 56.0 Å². The van der Waals surface area contributed by atoms with Crippen LogP contribution in [0.25, 0.3) is 11.2 Å². The molecule has 1 aliphatic rings. The number of nitrogen functional groups attached to an aromatic ring is 1. The van der Waals surface area contributed by atoms with Crippen molar-refractivity contribution in [1.82, 2.24) is 30.2 Å². The van der Waals surface area contributed by atoms with E-state index < -0.39 is 90.7 Å². The number of nitrogens with zero attached hydrogens (tertiary/aromatic N) is 4. The molecule has 1 fully saturated rings. The van der Waals surface area contributed by atoms with Gasteiger partial charge in [0, 0.05) is 37.1 Å². The molecule has 25 nitrogen and oxygen atoms in total. The van der Waals surface area contributed by atoms with E-state index in [1.807, 2.05) is 30.3 Å². The standard InChI is InChI=1S/C31H46N7O18P3S/c1-31(2,26(43)29(44)34-9-8-21(40)33-10-11-60-22(41)13-19(39)12-18-6-4-3-5-7-18)15-53-59(50,51)56-58(48,49)52-14-20-25(55-57(45,46)47)24(42)30(54-20)38-17-37-23-27(32)35-16-36-28(23)38/h3-7,16-17,19-20,24-26,30,39,42-43H,8-15H2,1-2H3,(H,33,40)(H,34,44)(H,48,49)(H,50,51)(H2,32,35,36)(H2,45,46,47)/t19-,20-,24-,25-,26+,30-/m1/s1. The molecule has 4 rings (SSSR count). The minimum Gasteiger partial charge on any atom is -0.392 e. The van der Waals surface area contributed by atoms with E-state index in [1.54, 1.807) is 0 Å². The van der Waals surface area contributed by atoms with Gasteiger partial charge in [-0.3, -0.25) is 32.5 Å². The zero-order valence-electron chi connectivity index (χ0n) is 31.9. The van der Waals surface area contributed by atoms with E-state index in [0.29, 0.717) is 6.42 Å². The summed E-state index contributed by atoms with van der Waals surface area (Å²) in [6, 6.07) is 9.19. The molecule has 2 amide bonds. The minimum atomic E-state index is -5.59.